The second-order valence-electron chi connectivity index (χ2n) is 1.94. The van der Waals surface area contributed by atoms with Crippen molar-refractivity contribution in [3.8, 4) is 0 Å². The quantitative estimate of drug-likeness (QED) is 0.458. The van der Waals surface area contributed by atoms with E-state index in [0.717, 1.165) is 0 Å². The maximum Gasteiger partial charge on any atom is 0.247 e. The topological polar surface area (TPSA) is 29.5 Å². The van der Waals surface area contributed by atoms with Crippen LogP contribution in [0.5, 0.6) is 0 Å². The van der Waals surface area contributed by atoms with Crippen LogP contribution < -0.4 is 0 Å². The molecule has 0 unspecified atom stereocenters. The van der Waals surface area contributed by atoms with Crippen LogP contribution in [0.4, 0.5) is 0 Å². The Morgan fingerprint density at radius 3 is 3.33 bits per heavy atom. The summed E-state index contributed by atoms with van der Waals surface area (Å²) in [5, 5.41) is 0. The predicted octanol–water partition coefficient (Wildman–Crippen LogP) is -0.0113. The first-order valence-electron chi connectivity index (χ1n) is 2.80. The molecule has 0 radical (unpaired) electrons. The standard InChI is InChI=1S/C6H9NO2/c1-7-5-9-4-2-3-6(7)8/h2-3H,4-5H2,1H3. The van der Waals surface area contributed by atoms with Gasteiger partial charge in [0.2, 0.25) is 5.91 Å². The van der Waals surface area contributed by atoms with E-state index in [4.69, 9.17) is 4.74 Å². The van der Waals surface area contributed by atoms with Gasteiger partial charge in [0.15, 0.2) is 0 Å². The summed E-state index contributed by atoms with van der Waals surface area (Å²) in [4.78, 5) is 12.3. The third-order valence-electron chi connectivity index (χ3n) is 1.14. The van der Waals surface area contributed by atoms with Crippen molar-refractivity contribution in [1.82, 2.24) is 4.90 Å². The van der Waals surface area contributed by atoms with Crippen LogP contribution in [0.1, 0.15) is 0 Å². The summed E-state index contributed by atoms with van der Waals surface area (Å²) >= 11 is 0. The summed E-state index contributed by atoms with van der Waals surface area (Å²) < 4.78 is 5.00. The number of hydrogen-bond acceptors (Lipinski definition) is 2. The Hall–Kier alpha value is -0.830. The molecule has 0 saturated carbocycles. The molecule has 3 heteroatoms. The Bertz CT molecular complexity index is 142. The molecule has 0 fully saturated rings. The molecule has 0 atom stereocenters. The maximum atomic E-state index is 10.8. The number of amides is 1. The van der Waals surface area contributed by atoms with Crippen molar-refractivity contribution in [2.24, 2.45) is 0 Å². The van der Waals surface area contributed by atoms with Crippen molar-refractivity contribution in [3.05, 3.63) is 12.2 Å². The zero-order chi connectivity index (χ0) is 6.69. The van der Waals surface area contributed by atoms with E-state index in [2.05, 4.69) is 0 Å². The van der Waals surface area contributed by atoms with Gasteiger partial charge in [0.25, 0.3) is 0 Å². The van der Waals surface area contributed by atoms with Crippen molar-refractivity contribution in [3.63, 3.8) is 0 Å². The van der Waals surface area contributed by atoms with Gasteiger partial charge in [-0.2, -0.15) is 0 Å². The molecule has 1 amide bonds. The van der Waals surface area contributed by atoms with Gasteiger partial charge in [-0.25, -0.2) is 0 Å². The first-order valence-corrected chi connectivity index (χ1v) is 2.80. The van der Waals surface area contributed by atoms with Crippen LogP contribution in [0.25, 0.3) is 0 Å². The largest absolute Gasteiger partial charge is 0.357 e. The molecule has 0 N–H and O–H groups in total. The highest BCUT2D eigenvalue weighted by molar-refractivity contribution is 5.87. The van der Waals surface area contributed by atoms with Gasteiger partial charge in [0, 0.05) is 13.1 Å². The van der Waals surface area contributed by atoms with E-state index in [1.54, 1.807) is 13.1 Å². The average Bonchev–Trinajstić information content (AvgIpc) is 1.99. The third kappa shape index (κ3) is 1.54. The number of carbonyl (C=O) groups is 1. The molecule has 0 spiro atoms. The molecule has 0 aliphatic carbocycles. The van der Waals surface area contributed by atoms with Gasteiger partial charge in [0.05, 0.1) is 6.61 Å². The monoisotopic (exact) mass is 127 g/mol. The molecular weight excluding hydrogens is 118 g/mol. The predicted molar refractivity (Wildman–Crippen MR) is 32.7 cm³/mol. The fraction of sp³-hybridized carbons (Fsp3) is 0.500. The lowest BCUT2D eigenvalue weighted by atomic mass is 10.5. The van der Waals surface area contributed by atoms with Crippen LogP contribution in [0, 0.1) is 0 Å². The molecule has 3 nitrogen and oxygen atoms in total. The van der Waals surface area contributed by atoms with E-state index >= 15 is 0 Å². The number of ether oxygens (including phenoxy) is 1. The minimum atomic E-state index is 0.00694. The van der Waals surface area contributed by atoms with E-state index in [0.29, 0.717) is 13.3 Å². The summed E-state index contributed by atoms with van der Waals surface area (Å²) in [6.45, 7) is 0.932. The van der Waals surface area contributed by atoms with Crippen molar-refractivity contribution < 1.29 is 9.53 Å². The van der Waals surface area contributed by atoms with Crippen LogP contribution in [0.3, 0.4) is 0 Å². The van der Waals surface area contributed by atoms with Crippen LogP contribution in [0.2, 0.25) is 0 Å². The summed E-state index contributed by atoms with van der Waals surface area (Å²) in [7, 11) is 1.71. The molecule has 0 bridgehead atoms. The van der Waals surface area contributed by atoms with E-state index in [-0.39, 0.29) is 5.91 Å². The zero-order valence-electron chi connectivity index (χ0n) is 5.33. The number of hydrogen-bond donors (Lipinski definition) is 0. The average molecular weight is 127 g/mol. The minimum absolute atomic E-state index is 0.00694. The first kappa shape index (κ1) is 6.29. The van der Waals surface area contributed by atoms with Gasteiger partial charge >= 0.3 is 0 Å². The lowest BCUT2D eigenvalue weighted by Crippen LogP contribution is -2.25. The number of likely N-dealkylation sites (N-methyl/N-ethyl adjacent to an activating group) is 1. The normalized spacial score (nSPS) is 20.1. The molecule has 50 valence electrons. The number of carbonyl (C=O) groups excluding carboxylic acids is 1. The summed E-state index contributed by atoms with van der Waals surface area (Å²) in [5.41, 5.74) is 0. The zero-order valence-corrected chi connectivity index (χ0v) is 5.33. The molecule has 0 aromatic heterocycles. The number of nitrogens with zero attached hydrogens (tertiary/aromatic N) is 1. The van der Waals surface area contributed by atoms with Gasteiger partial charge < -0.3 is 9.64 Å². The smallest absolute Gasteiger partial charge is 0.247 e. The summed E-state index contributed by atoms with van der Waals surface area (Å²) in [6.07, 6.45) is 3.23. The summed E-state index contributed by atoms with van der Waals surface area (Å²) in [6, 6.07) is 0. The lowest BCUT2D eigenvalue weighted by Gasteiger charge is -2.10. The van der Waals surface area contributed by atoms with Crippen molar-refractivity contribution in [2.75, 3.05) is 20.4 Å². The van der Waals surface area contributed by atoms with E-state index in [1.807, 2.05) is 0 Å². The third-order valence-corrected chi connectivity index (χ3v) is 1.14. The molecule has 9 heavy (non-hydrogen) atoms. The summed E-state index contributed by atoms with van der Waals surface area (Å²) in [5.74, 6) is 0.00694. The Morgan fingerprint density at radius 2 is 2.56 bits per heavy atom. The molecule has 1 heterocycles. The van der Waals surface area contributed by atoms with Crippen LogP contribution in [-0.4, -0.2) is 31.2 Å². The molecule has 0 aromatic carbocycles. The lowest BCUT2D eigenvalue weighted by molar-refractivity contribution is -0.128. The molecular formula is C6H9NO2. The highest BCUT2D eigenvalue weighted by atomic mass is 16.5. The van der Waals surface area contributed by atoms with Crippen LogP contribution >= 0.6 is 0 Å². The van der Waals surface area contributed by atoms with Gasteiger partial charge in [-0.15, -0.1) is 0 Å². The molecule has 1 rings (SSSR count). The van der Waals surface area contributed by atoms with Crippen molar-refractivity contribution >= 4 is 5.91 Å². The Balaban J connectivity index is 2.57. The van der Waals surface area contributed by atoms with Crippen LogP contribution in [0.15, 0.2) is 12.2 Å². The Labute approximate surface area is 53.9 Å². The first-order chi connectivity index (χ1) is 4.30. The highest BCUT2D eigenvalue weighted by Gasteiger charge is 2.05. The second kappa shape index (κ2) is 2.64. The highest BCUT2D eigenvalue weighted by Crippen LogP contribution is 1.93. The van der Waals surface area contributed by atoms with E-state index in [9.17, 15) is 4.79 Å². The maximum absolute atomic E-state index is 10.8. The van der Waals surface area contributed by atoms with Gasteiger partial charge in [-0.05, 0) is 0 Å². The SMILES string of the molecule is CN1COCC=CC1=O. The van der Waals surface area contributed by atoms with Crippen LogP contribution in [-0.2, 0) is 9.53 Å². The fourth-order valence-electron chi connectivity index (χ4n) is 0.597. The molecule has 0 saturated heterocycles. The molecule has 1 aliphatic heterocycles. The van der Waals surface area contributed by atoms with E-state index in [1.165, 1.54) is 11.0 Å². The Kier molecular flexibility index (Phi) is 1.85. The Morgan fingerprint density at radius 1 is 1.78 bits per heavy atom. The molecule has 0 aromatic rings. The minimum Gasteiger partial charge on any atom is -0.357 e. The van der Waals surface area contributed by atoms with E-state index < -0.39 is 0 Å². The van der Waals surface area contributed by atoms with Crippen molar-refractivity contribution in [1.29, 1.82) is 0 Å². The fourth-order valence-corrected chi connectivity index (χ4v) is 0.597. The number of rotatable bonds is 0. The van der Waals surface area contributed by atoms with Gasteiger partial charge in [0.1, 0.15) is 6.73 Å². The molecule has 1 aliphatic rings. The second-order valence-corrected chi connectivity index (χ2v) is 1.94. The van der Waals surface area contributed by atoms with Crippen molar-refractivity contribution in [2.45, 2.75) is 0 Å². The van der Waals surface area contributed by atoms with Gasteiger partial charge in [-0.3, -0.25) is 4.79 Å². The van der Waals surface area contributed by atoms with Gasteiger partial charge in [-0.1, -0.05) is 6.08 Å².